The first kappa shape index (κ1) is 14.9. The number of aliphatic carboxylic acids is 1. The minimum absolute atomic E-state index is 0.231. The van der Waals surface area contributed by atoms with Crippen LogP contribution in [0.25, 0.3) is 0 Å². The number of carbonyl (C=O) groups is 1. The molecule has 1 unspecified atom stereocenters. The maximum atomic E-state index is 13.5. The third-order valence-electron chi connectivity index (χ3n) is 3.64. The van der Waals surface area contributed by atoms with Crippen molar-refractivity contribution in [3.63, 3.8) is 0 Å². The third-order valence-corrected chi connectivity index (χ3v) is 5.21. The van der Waals surface area contributed by atoms with Gasteiger partial charge in [0, 0.05) is 0 Å². The zero-order valence-corrected chi connectivity index (χ0v) is 12.0. The molecule has 0 saturated heterocycles. The summed E-state index contributed by atoms with van der Waals surface area (Å²) < 4.78 is 40.1. The van der Waals surface area contributed by atoms with E-state index in [0.717, 1.165) is 6.07 Å². The zero-order valence-electron chi connectivity index (χ0n) is 11.2. The standard InChI is InChI=1S/C13H16FNO4S/c1-8-3-6-10(7-11(8)14)20(18,19)15-13(2,12(16)17)9-4-5-9/h3,6-7,9,15H,4-5H2,1-2H3,(H,16,17). The molecule has 0 spiro atoms. The number of rotatable bonds is 5. The SMILES string of the molecule is Cc1ccc(S(=O)(=O)NC(C)(C(=O)O)C2CC2)cc1F. The highest BCUT2D eigenvalue weighted by atomic mass is 32.2. The molecule has 0 radical (unpaired) electrons. The van der Waals surface area contributed by atoms with E-state index in [2.05, 4.69) is 4.72 Å². The number of hydrogen-bond donors (Lipinski definition) is 2. The highest BCUT2D eigenvalue weighted by Gasteiger charge is 2.50. The Morgan fingerprint density at radius 3 is 2.50 bits per heavy atom. The second-order valence-corrected chi connectivity index (χ2v) is 6.98. The summed E-state index contributed by atoms with van der Waals surface area (Å²) in [5.74, 6) is -2.10. The van der Waals surface area contributed by atoms with Crippen LogP contribution >= 0.6 is 0 Å². The number of carboxylic acid groups (broad SMARTS) is 1. The van der Waals surface area contributed by atoms with Gasteiger partial charge in [0.1, 0.15) is 11.4 Å². The van der Waals surface area contributed by atoms with Crippen LogP contribution in [0.4, 0.5) is 4.39 Å². The summed E-state index contributed by atoms with van der Waals surface area (Å²) in [7, 11) is -4.08. The Hall–Kier alpha value is -1.47. The van der Waals surface area contributed by atoms with Gasteiger partial charge in [-0.15, -0.1) is 0 Å². The van der Waals surface area contributed by atoms with Gasteiger partial charge in [0.15, 0.2) is 0 Å². The van der Waals surface area contributed by atoms with Gasteiger partial charge in [0.2, 0.25) is 10.0 Å². The fraction of sp³-hybridized carbons (Fsp3) is 0.462. The average molecular weight is 301 g/mol. The van der Waals surface area contributed by atoms with Crippen molar-refractivity contribution in [3.05, 3.63) is 29.6 Å². The van der Waals surface area contributed by atoms with Crippen LogP contribution in [0, 0.1) is 18.7 Å². The lowest BCUT2D eigenvalue weighted by Gasteiger charge is -2.25. The maximum absolute atomic E-state index is 13.5. The van der Waals surface area contributed by atoms with Crippen molar-refractivity contribution in [2.45, 2.75) is 37.1 Å². The summed E-state index contributed by atoms with van der Waals surface area (Å²) in [6.07, 6.45) is 1.32. The molecule has 20 heavy (non-hydrogen) atoms. The number of halogens is 1. The average Bonchev–Trinajstić information content (AvgIpc) is 3.15. The number of sulfonamides is 1. The van der Waals surface area contributed by atoms with Crippen LogP contribution in [-0.4, -0.2) is 25.0 Å². The molecular weight excluding hydrogens is 285 g/mol. The van der Waals surface area contributed by atoms with Crippen LogP contribution in [0.1, 0.15) is 25.3 Å². The van der Waals surface area contributed by atoms with E-state index in [1.807, 2.05) is 0 Å². The monoisotopic (exact) mass is 301 g/mol. The number of benzene rings is 1. The van der Waals surface area contributed by atoms with Crippen molar-refractivity contribution in [1.82, 2.24) is 4.72 Å². The number of aryl methyl sites for hydroxylation is 1. The van der Waals surface area contributed by atoms with Gasteiger partial charge in [-0.25, -0.2) is 12.8 Å². The first-order valence-corrected chi connectivity index (χ1v) is 7.68. The fourth-order valence-electron chi connectivity index (χ4n) is 2.04. The largest absolute Gasteiger partial charge is 0.480 e. The molecule has 0 bridgehead atoms. The van der Waals surface area contributed by atoms with Gasteiger partial charge in [-0.3, -0.25) is 4.79 Å². The molecule has 2 rings (SSSR count). The maximum Gasteiger partial charge on any atom is 0.324 e. The topological polar surface area (TPSA) is 83.5 Å². The van der Waals surface area contributed by atoms with E-state index in [9.17, 15) is 22.7 Å². The van der Waals surface area contributed by atoms with E-state index in [1.54, 1.807) is 0 Å². The summed E-state index contributed by atoms with van der Waals surface area (Å²) in [5.41, 5.74) is -1.23. The Labute approximate surface area is 116 Å². The Bertz CT molecular complexity index is 654. The molecule has 1 aromatic carbocycles. The molecule has 110 valence electrons. The summed E-state index contributed by atoms with van der Waals surface area (Å²) in [6.45, 7) is 2.86. The van der Waals surface area contributed by atoms with Crippen molar-refractivity contribution in [3.8, 4) is 0 Å². The van der Waals surface area contributed by atoms with Crippen molar-refractivity contribution >= 4 is 16.0 Å². The van der Waals surface area contributed by atoms with Gasteiger partial charge in [-0.1, -0.05) is 6.07 Å². The molecule has 0 aliphatic heterocycles. The van der Waals surface area contributed by atoms with Crippen LogP contribution in [0.3, 0.4) is 0 Å². The van der Waals surface area contributed by atoms with Gasteiger partial charge in [-0.05, 0) is 50.3 Å². The predicted molar refractivity (Wildman–Crippen MR) is 70.2 cm³/mol. The molecule has 2 N–H and O–H groups in total. The van der Waals surface area contributed by atoms with E-state index >= 15 is 0 Å². The van der Waals surface area contributed by atoms with Crippen LogP contribution < -0.4 is 4.72 Å². The predicted octanol–water partition coefficient (Wildman–Crippen LogP) is 1.67. The number of carboxylic acids is 1. The third kappa shape index (κ3) is 2.69. The van der Waals surface area contributed by atoms with Gasteiger partial charge >= 0.3 is 5.97 Å². The molecule has 1 aliphatic carbocycles. The van der Waals surface area contributed by atoms with E-state index in [4.69, 9.17) is 0 Å². The van der Waals surface area contributed by atoms with Crippen molar-refractivity contribution < 1.29 is 22.7 Å². The van der Waals surface area contributed by atoms with Gasteiger partial charge in [0.05, 0.1) is 4.90 Å². The minimum atomic E-state index is -4.08. The Kier molecular flexibility index (Phi) is 3.60. The van der Waals surface area contributed by atoms with Gasteiger partial charge in [0.25, 0.3) is 0 Å². The molecule has 0 amide bonds. The van der Waals surface area contributed by atoms with Gasteiger partial charge < -0.3 is 5.11 Å². The van der Waals surface area contributed by atoms with E-state index < -0.39 is 27.3 Å². The zero-order chi connectivity index (χ0) is 15.1. The Morgan fingerprint density at radius 2 is 2.05 bits per heavy atom. The van der Waals surface area contributed by atoms with E-state index in [-0.39, 0.29) is 10.8 Å². The molecule has 1 aliphatic rings. The molecule has 1 atom stereocenters. The molecule has 1 aromatic rings. The van der Waals surface area contributed by atoms with Crippen LogP contribution in [0.5, 0.6) is 0 Å². The molecule has 1 saturated carbocycles. The fourth-order valence-corrected chi connectivity index (χ4v) is 3.48. The lowest BCUT2D eigenvalue weighted by Crippen LogP contribution is -2.53. The van der Waals surface area contributed by atoms with Crippen LogP contribution in [-0.2, 0) is 14.8 Å². The highest BCUT2D eigenvalue weighted by molar-refractivity contribution is 7.89. The first-order valence-electron chi connectivity index (χ1n) is 6.20. The summed E-state index contributed by atoms with van der Waals surface area (Å²) in [4.78, 5) is 11.1. The molecular formula is C13H16FNO4S. The van der Waals surface area contributed by atoms with Gasteiger partial charge in [-0.2, -0.15) is 4.72 Å². The van der Waals surface area contributed by atoms with Crippen molar-refractivity contribution in [2.75, 3.05) is 0 Å². The Morgan fingerprint density at radius 1 is 1.45 bits per heavy atom. The second kappa shape index (κ2) is 4.82. The number of hydrogen-bond acceptors (Lipinski definition) is 3. The summed E-state index contributed by atoms with van der Waals surface area (Å²) >= 11 is 0. The number of nitrogens with one attached hydrogen (secondary N) is 1. The van der Waals surface area contributed by atoms with E-state index in [0.29, 0.717) is 18.4 Å². The summed E-state index contributed by atoms with van der Waals surface area (Å²) in [5, 5.41) is 9.25. The lowest BCUT2D eigenvalue weighted by atomic mass is 9.98. The molecule has 7 heteroatoms. The molecule has 0 aromatic heterocycles. The summed E-state index contributed by atoms with van der Waals surface area (Å²) in [6, 6.07) is 3.50. The first-order chi connectivity index (χ1) is 9.17. The van der Waals surface area contributed by atoms with E-state index in [1.165, 1.54) is 26.0 Å². The van der Waals surface area contributed by atoms with Crippen LogP contribution in [0.2, 0.25) is 0 Å². The quantitative estimate of drug-likeness (QED) is 0.866. The van der Waals surface area contributed by atoms with Crippen LogP contribution in [0.15, 0.2) is 23.1 Å². The molecule has 0 heterocycles. The molecule has 5 nitrogen and oxygen atoms in total. The highest BCUT2D eigenvalue weighted by Crippen LogP contribution is 2.40. The van der Waals surface area contributed by atoms with Crippen molar-refractivity contribution in [1.29, 1.82) is 0 Å². The Balaban J connectivity index is 2.35. The normalized spacial score (nSPS) is 18.6. The van der Waals surface area contributed by atoms with Crippen molar-refractivity contribution in [2.24, 2.45) is 5.92 Å². The second-order valence-electron chi connectivity index (χ2n) is 5.30. The molecule has 1 fully saturated rings. The lowest BCUT2D eigenvalue weighted by molar-refractivity contribution is -0.144. The minimum Gasteiger partial charge on any atom is -0.480 e. The smallest absolute Gasteiger partial charge is 0.324 e.